The van der Waals surface area contributed by atoms with Crippen LogP contribution in [-0.2, 0) is 14.3 Å². The van der Waals surface area contributed by atoms with Gasteiger partial charge in [-0.25, -0.2) is 0 Å². The molecule has 0 aromatic heterocycles. The van der Waals surface area contributed by atoms with E-state index in [1.54, 1.807) is 0 Å². The zero-order valence-corrected chi connectivity index (χ0v) is 15.4. The number of nitrogens with zero attached hydrogens (tertiary/aromatic N) is 1. The number of carbonyl (C=O) groups is 2. The van der Waals surface area contributed by atoms with Crippen LogP contribution in [0.25, 0.3) is 0 Å². The summed E-state index contributed by atoms with van der Waals surface area (Å²) in [6.07, 6.45) is 6.37. The van der Waals surface area contributed by atoms with Crippen molar-refractivity contribution in [2.45, 2.75) is 76.9 Å². The second-order valence-corrected chi connectivity index (χ2v) is 9.96. The zero-order chi connectivity index (χ0) is 17.8. The summed E-state index contributed by atoms with van der Waals surface area (Å²) in [7, 11) is 0. The van der Waals surface area contributed by atoms with E-state index in [4.69, 9.17) is 4.74 Å². The van der Waals surface area contributed by atoms with Gasteiger partial charge in [0, 0.05) is 17.3 Å². The Balaban J connectivity index is 1.56. The Morgan fingerprint density at radius 2 is 1.84 bits per heavy atom. The molecule has 4 saturated carbocycles. The van der Waals surface area contributed by atoms with E-state index in [1.165, 1.54) is 0 Å². The first-order valence-corrected chi connectivity index (χ1v) is 9.91. The standard InChI is InChI=1S/C21H27NO3/c1-18-8-7-15-13(14(18)4-5-16(18)23)6-9-21-19(15,2)10-12(11-22)17(24)20(21,3)25-21/h12-15H,4-10H2,1-3H3/t12-,13-,14-,15-,18-,19+,20-,21-/m0/s1. The Hall–Kier alpha value is -1.21. The molecule has 0 aromatic rings. The van der Waals surface area contributed by atoms with Gasteiger partial charge in [-0.15, -0.1) is 0 Å². The Morgan fingerprint density at radius 3 is 2.56 bits per heavy atom. The van der Waals surface area contributed by atoms with Gasteiger partial charge in [-0.1, -0.05) is 13.8 Å². The largest absolute Gasteiger partial charge is 0.354 e. The maximum atomic E-state index is 12.8. The van der Waals surface area contributed by atoms with Gasteiger partial charge >= 0.3 is 0 Å². The maximum absolute atomic E-state index is 12.8. The maximum Gasteiger partial charge on any atom is 0.184 e. The van der Waals surface area contributed by atoms with Crippen LogP contribution in [0.15, 0.2) is 0 Å². The number of ketones is 2. The molecule has 8 atom stereocenters. The third kappa shape index (κ3) is 1.51. The molecule has 1 heterocycles. The SMILES string of the molecule is C[C@@]12O[C@]13CC[C@H]1[C@@H]4CCC(=O)[C@@]4(C)CC[C@@H]1[C@@]3(C)C[C@@H](C#N)C2=O. The molecule has 4 heteroatoms. The van der Waals surface area contributed by atoms with Crippen LogP contribution in [0.2, 0.25) is 0 Å². The van der Waals surface area contributed by atoms with Gasteiger partial charge in [0.25, 0.3) is 0 Å². The Kier molecular flexibility index (Phi) is 2.79. The van der Waals surface area contributed by atoms with Crippen molar-refractivity contribution in [1.82, 2.24) is 0 Å². The summed E-state index contributed by atoms with van der Waals surface area (Å²) in [6, 6.07) is 2.26. The highest BCUT2D eigenvalue weighted by Gasteiger charge is 2.84. The van der Waals surface area contributed by atoms with Gasteiger partial charge in [-0.2, -0.15) is 5.26 Å². The van der Waals surface area contributed by atoms with E-state index in [-0.39, 0.29) is 22.2 Å². The zero-order valence-electron chi connectivity index (χ0n) is 15.4. The van der Waals surface area contributed by atoms with Crippen LogP contribution in [0.3, 0.4) is 0 Å². The predicted molar refractivity (Wildman–Crippen MR) is 90.3 cm³/mol. The van der Waals surface area contributed by atoms with E-state index in [0.717, 1.165) is 38.5 Å². The molecule has 1 saturated heterocycles. The lowest BCUT2D eigenvalue weighted by Gasteiger charge is -2.59. The molecule has 25 heavy (non-hydrogen) atoms. The highest BCUT2D eigenvalue weighted by molar-refractivity contribution is 5.96. The third-order valence-corrected chi connectivity index (χ3v) is 9.39. The first kappa shape index (κ1) is 16.0. The smallest absolute Gasteiger partial charge is 0.184 e. The predicted octanol–water partition coefficient (Wildman–Crippen LogP) is 3.44. The van der Waals surface area contributed by atoms with Gasteiger partial charge < -0.3 is 4.74 Å². The molecule has 0 N–H and O–H groups in total. The number of carbonyl (C=O) groups excluding carboxylic acids is 2. The number of Topliss-reactive ketones (excluding diaryl/α,β-unsaturated/α-hetero) is 2. The molecule has 5 rings (SSSR count). The van der Waals surface area contributed by atoms with Crippen molar-refractivity contribution in [3.8, 4) is 6.07 Å². The number of hydrogen-bond acceptors (Lipinski definition) is 4. The minimum Gasteiger partial charge on any atom is -0.354 e. The molecular weight excluding hydrogens is 314 g/mol. The summed E-state index contributed by atoms with van der Waals surface area (Å²) in [5.74, 6) is 1.42. The first-order valence-electron chi connectivity index (χ1n) is 9.91. The number of ether oxygens (including phenoxy) is 1. The summed E-state index contributed by atoms with van der Waals surface area (Å²) < 4.78 is 6.24. The van der Waals surface area contributed by atoms with Crippen molar-refractivity contribution in [2.24, 2.45) is 34.5 Å². The molecule has 4 aliphatic carbocycles. The second kappa shape index (κ2) is 4.36. The highest BCUT2D eigenvalue weighted by Crippen LogP contribution is 2.75. The fraction of sp³-hybridized carbons (Fsp3) is 0.857. The van der Waals surface area contributed by atoms with Crippen LogP contribution in [0.5, 0.6) is 0 Å². The average molecular weight is 341 g/mol. The molecule has 1 spiro atoms. The highest BCUT2D eigenvalue weighted by atomic mass is 16.6. The van der Waals surface area contributed by atoms with E-state index in [9.17, 15) is 14.9 Å². The van der Waals surface area contributed by atoms with Crippen molar-refractivity contribution in [1.29, 1.82) is 5.26 Å². The van der Waals surface area contributed by atoms with Gasteiger partial charge in [0.15, 0.2) is 11.4 Å². The minimum atomic E-state index is -0.752. The second-order valence-electron chi connectivity index (χ2n) is 9.96. The van der Waals surface area contributed by atoms with Gasteiger partial charge in [0.2, 0.25) is 0 Å². The summed E-state index contributed by atoms with van der Waals surface area (Å²) in [5.41, 5.74) is -1.36. The van der Waals surface area contributed by atoms with Gasteiger partial charge in [-0.05, 0) is 63.2 Å². The Bertz CT molecular complexity index is 740. The van der Waals surface area contributed by atoms with E-state index >= 15 is 0 Å². The quantitative estimate of drug-likeness (QED) is 0.633. The number of rotatable bonds is 0. The van der Waals surface area contributed by atoms with E-state index in [0.29, 0.717) is 30.0 Å². The molecule has 0 amide bonds. The first-order chi connectivity index (χ1) is 11.7. The van der Waals surface area contributed by atoms with Crippen LogP contribution < -0.4 is 0 Å². The number of fused-ring (bicyclic) bond motifs is 4. The van der Waals surface area contributed by atoms with E-state index < -0.39 is 11.5 Å². The summed E-state index contributed by atoms with van der Waals surface area (Å²) in [4.78, 5) is 25.3. The Labute approximate surface area is 149 Å². The fourth-order valence-corrected chi connectivity index (χ4v) is 8.00. The van der Waals surface area contributed by atoms with Crippen molar-refractivity contribution >= 4 is 11.6 Å². The molecule has 4 nitrogen and oxygen atoms in total. The minimum absolute atomic E-state index is 0.00242. The molecule has 0 aromatic carbocycles. The molecule has 0 radical (unpaired) electrons. The van der Waals surface area contributed by atoms with Crippen molar-refractivity contribution in [3.63, 3.8) is 0 Å². The van der Waals surface area contributed by atoms with Crippen LogP contribution in [0.1, 0.15) is 65.7 Å². The number of hydrogen-bond donors (Lipinski definition) is 0. The lowest BCUT2D eigenvalue weighted by molar-refractivity contribution is -0.144. The monoisotopic (exact) mass is 341 g/mol. The van der Waals surface area contributed by atoms with Crippen molar-refractivity contribution in [2.75, 3.05) is 0 Å². The van der Waals surface area contributed by atoms with Gasteiger partial charge in [0.05, 0.1) is 6.07 Å². The summed E-state index contributed by atoms with van der Waals surface area (Å²) in [6.45, 7) is 6.39. The molecule has 0 unspecified atom stereocenters. The van der Waals surface area contributed by atoms with Gasteiger partial charge in [0.1, 0.15) is 17.3 Å². The average Bonchev–Trinajstić information content (AvgIpc) is 3.11. The summed E-state index contributed by atoms with van der Waals surface area (Å²) >= 11 is 0. The molecular formula is C21H27NO3. The van der Waals surface area contributed by atoms with Crippen molar-refractivity contribution < 1.29 is 14.3 Å². The number of nitriles is 1. The van der Waals surface area contributed by atoms with E-state index in [2.05, 4.69) is 19.9 Å². The molecule has 5 fully saturated rings. The van der Waals surface area contributed by atoms with Crippen LogP contribution in [0, 0.1) is 45.8 Å². The third-order valence-electron chi connectivity index (χ3n) is 9.39. The summed E-state index contributed by atoms with van der Waals surface area (Å²) in [5, 5.41) is 9.57. The van der Waals surface area contributed by atoms with Crippen LogP contribution in [0.4, 0.5) is 0 Å². The lowest BCUT2D eigenvalue weighted by Crippen LogP contribution is -2.61. The van der Waals surface area contributed by atoms with Gasteiger partial charge in [-0.3, -0.25) is 9.59 Å². The lowest BCUT2D eigenvalue weighted by atomic mass is 9.43. The molecule has 5 aliphatic rings. The normalized spacial score (nSPS) is 59.3. The topological polar surface area (TPSA) is 70.5 Å². The van der Waals surface area contributed by atoms with Crippen LogP contribution >= 0.6 is 0 Å². The number of epoxide rings is 1. The Morgan fingerprint density at radius 1 is 1.08 bits per heavy atom. The molecule has 1 aliphatic heterocycles. The fourth-order valence-electron chi connectivity index (χ4n) is 8.00. The molecule has 0 bridgehead atoms. The van der Waals surface area contributed by atoms with Crippen molar-refractivity contribution in [3.05, 3.63) is 0 Å². The molecule has 134 valence electrons. The van der Waals surface area contributed by atoms with E-state index in [1.807, 2.05) is 6.92 Å². The van der Waals surface area contributed by atoms with Crippen LogP contribution in [-0.4, -0.2) is 22.8 Å².